The first kappa shape index (κ1) is 13.7. The molecule has 0 spiro atoms. The first-order chi connectivity index (χ1) is 7.65. The molecule has 0 unspecified atom stereocenters. The van der Waals surface area contributed by atoms with Crippen LogP contribution in [-0.4, -0.2) is 59.8 Å². The summed E-state index contributed by atoms with van der Waals surface area (Å²) in [7, 11) is 0. The molecule has 0 aromatic carbocycles. The van der Waals surface area contributed by atoms with Crippen LogP contribution in [0.15, 0.2) is 24.6 Å². The quantitative estimate of drug-likeness (QED) is 0.537. The fraction of sp³-hybridized carbons (Fsp3) is 0.500. The summed E-state index contributed by atoms with van der Waals surface area (Å²) >= 11 is 2.99. The fourth-order valence-corrected chi connectivity index (χ4v) is 18.1. The summed E-state index contributed by atoms with van der Waals surface area (Å²) in [4.78, 5) is 0. The van der Waals surface area contributed by atoms with Gasteiger partial charge in [0, 0.05) is 0 Å². The van der Waals surface area contributed by atoms with Gasteiger partial charge in [-0.3, -0.25) is 0 Å². The molecule has 0 radical (unpaired) electrons. The van der Waals surface area contributed by atoms with Crippen molar-refractivity contribution in [2.75, 3.05) is 0 Å². The van der Waals surface area contributed by atoms with Crippen molar-refractivity contribution in [3.05, 3.63) is 24.6 Å². The van der Waals surface area contributed by atoms with Gasteiger partial charge in [-0.25, -0.2) is 0 Å². The normalized spacial score (nSPS) is 21.8. The SMILES string of the molecule is CCC1=C(CC)[Se]C(=C2[Se]C(C)=C(C)[Se]2)[Se]1. The van der Waals surface area contributed by atoms with Crippen LogP contribution in [0.4, 0.5) is 0 Å². The topological polar surface area (TPSA) is 0 Å². The molecule has 4 heteroatoms. The molecule has 0 bridgehead atoms. The second-order valence-corrected chi connectivity index (χ2v) is 16.0. The average molecular weight is 476 g/mol. The summed E-state index contributed by atoms with van der Waals surface area (Å²) in [5, 5.41) is 0. The zero-order valence-electron chi connectivity index (χ0n) is 10.0. The van der Waals surface area contributed by atoms with Crippen LogP contribution in [0, 0.1) is 0 Å². The van der Waals surface area contributed by atoms with Crippen LogP contribution in [0.25, 0.3) is 0 Å². The van der Waals surface area contributed by atoms with Gasteiger partial charge in [-0.05, 0) is 0 Å². The van der Waals surface area contributed by atoms with E-state index in [1.807, 2.05) is 15.7 Å². The summed E-state index contributed by atoms with van der Waals surface area (Å²) in [6, 6.07) is 0. The van der Waals surface area contributed by atoms with E-state index in [0.717, 1.165) is 59.8 Å². The van der Waals surface area contributed by atoms with Crippen LogP contribution in [0.2, 0.25) is 0 Å². The van der Waals surface area contributed by atoms with Gasteiger partial charge in [0.15, 0.2) is 0 Å². The van der Waals surface area contributed by atoms with Crippen molar-refractivity contribution >= 4 is 59.8 Å². The molecule has 0 saturated carbocycles. The number of allylic oxidation sites excluding steroid dienone is 4. The number of rotatable bonds is 2. The van der Waals surface area contributed by atoms with Crippen molar-refractivity contribution in [2.45, 2.75) is 40.5 Å². The molecule has 0 amide bonds. The van der Waals surface area contributed by atoms with Crippen molar-refractivity contribution in [3.63, 3.8) is 0 Å². The van der Waals surface area contributed by atoms with E-state index in [1.54, 1.807) is 8.94 Å². The minimum atomic E-state index is 0.741. The minimum absolute atomic E-state index is 0.741. The van der Waals surface area contributed by atoms with Crippen molar-refractivity contribution in [3.8, 4) is 0 Å². The van der Waals surface area contributed by atoms with Gasteiger partial charge in [-0.15, -0.1) is 0 Å². The van der Waals surface area contributed by atoms with E-state index in [0.29, 0.717) is 0 Å². The Morgan fingerprint density at radius 2 is 1.06 bits per heavy atom. The molecule has 0 aromatic rings. The van der Waals surface area contributed by atoms with Crippen LogP contribution in [0.1, 0.15) is 40.5 Å². The van der Waals surface area contributed by atoms with E-state index in [2.05, 4.69) is 27.7 Å². The molecule has 0 N–H and O–H groups in total. The number of hydrogen-bond acceptors (Lipinski definition) is 0. The van der Waals surface area contributed by atoms with Crippen LogP contribution < -0.4 is 0 Å². The monoisotopic (exact) mass is 480 g/mol. The number of hydrogen-bond donors (Lipinski definition) is 0. The van der Waals surface area contributed by atoms with Crippen LogP contribution in [0.5, 0.6) is 0 Å². The Kier molecular flexibility index (Phi) is 5.11. The Bertz CT molecular complexity index is 367. The maximum absolute atomic E-state index is 2.36. The molecule has 16 heavy (non-hydrogen) atoms. The first-order valence-electron chi connectivity index (χ1n) is 5.50. The van der Waals surface area contributed by atoms with Gasteiger partial charge < -0.3 is 0 Å². The van der Waals surface area contributed by atoms with Gasteiger partial charge in [0.05, 0.1) is 0 Å². The Morgan fingerprint density at radius 1 is 0.688 bits per heavy atom. The molecule has 2 aliphatic heterocycles. The van der Waals surface area contributed by atoms with Crippen molar-refractivity contribution in [2.24, 2.45) is 0 Å². The summed E-state index contributed by atoms with van der Waals surface area (Å²) in [6.45, 7) is 9.40. The van der Waals surface area contributed by atoms with E-state index in [4.69, 9.17) is 0 Å². The Hall–Kier alpha value is 1.30. The van der Waals surface area contributed by atoms with E-state index >= 15 is 0 Å². The third kappa shape index (κ3) is 2.82. The molecule has 0 saturated heterocycles. The van der Waals surface area contributed by atoms with Gasteiger partial charge in [-0.1, -0.05) is 0 Å². The first-order valence-corrected chi connectivity index (χ1v) is 12.4. The average Bonchev–Trinajstić information content (AvgIpc) is 2.83. The van der Waals surface area contributed by atoms with Crippen molar-refractivity contribution < 1.29 is 0 Å². The molecule has 0 fully saturated rings. The predicted octanol–water partition coefficient (Wildman–Crippen LogP) is 2.24. The third-order valence-corrected chi connectivity index (χ3v) is 19.2. The van der Waals surface area contributed by atoms with Crippen LogP contribution >= 0.6 is 0 Å². The molecular formula is C12H16Se4. The van der Waals surface area contributed by atoms with Gasteiger partial charge in [0.1, 0.15) is 0 Å². The van der Waals surface area contributed by atoms with E-state index < -0.39 is 0 Å². The Labute approximate surface area is 124 Å². The molecule has 0 aromatic heterocycles. The molecule has 2 heterocycles. The Balaban J connectivity index is 2.15. The van der Waals surface area contributed by atoms with Crippen LogP contribution in [0.3, 0.4) is 0 Å². The zero-order valence-corrected chi connectivity index (χ0v) is 16.9. The van der Waals surface area contributed by atoms with Gasteiger partial charge in [0.25, 0.3) is 0 Å². The third-order valence-electron chi connectivity index (χ3n) is 2.54. The molecule has 2 aliphatic rings. The maximum atomic E-state index is 2.36. The summed E-state index contributed by atoms with van der Waals surface area (Å²) in [5.74, 6) is 0. The van der Waals surface area contributed by atoms with Crippen molar-refractivity contribution in [1.82, 2.24) is 0 Å². The predicted molar refractivity (Wildman–Crippen MR) is 76.0 cm³/mol. The Morgan fingerprint density at radius 3 is 1.44 bits per heavy atom. The zero-order chi connectivity index (χ0) is 11.7. The van der Waals surface area contributed by atoms with Gasteiger partial charge >= 0.3 is 125 Å². The van der Waals surface area contributed by atoms with Crippen LogP contribution in [-0.2, 0) is 0 Å². The molecular weight excluding hydrogens is 460 g/mol. The fourth-order valence-electron chi connectivity index (χ4n) is 1.51. The van der Waals surface area contributed by atoms with Crippen molar-refractivity contribution in [1.29, 1.82) is 0 Å². The standard InChI is InChI=1S/C12H16Se4/c1-5-9-10(6-2)16-12(15-9)11-13-7(3)8(4)14-11/h5-6H2,1-4H3. The molecule has 2 rings (SSSR count). The summed E-state index contributed by atoms with van der Waals surface area (Å²) in [6.07, 6.45) is 2.63. The molecule has 0 atom stereocenters. The van der Waals surface area contributed by atoms with E-state index in [1.165, 1.54) is 12.8 Å². The summed E-state index contributed by atoms with van der Waals surface area (Å²) in [5.41, 5.74) is 0. The van der Waals surface area contributed by atoms with E-state index in [-0.39, 0.29) is 0 Å². The van der Waals surface area contributed by atoms with Gasteiger partial charge in [-0.2, -0.15) is 0 Å². The summed E-state index contributed by atoms with van der Waals surface area (Å²) < 4.78 is 11.0. The molecule has 88 valence electrons. The van der Waals surface area contributed by atoms with E-state index in [9.17, 15) is 0 Å². The second-order valence-electron chi connectivity index (χ2n) is 3.65. The van der Waals surface area contributed by atoms with Gasteiger partial charge in [0.2, 0.25) is 0 Å². The molecule has 0 nitrogen and oxygen atoms in total. The molecule has 0 aliphatic carbocycles. The second kappa shape index (κ2) is 5.96.